The second kappa shape index (κ2) is 10.8. The Morgan fingerprint density at radius 3 is 2.61 bits per heavy atom. The fourth-order valence-corrected chi connectivity index (χ4v) is 4.62. The van der Waals surface area contributed by atoms with Crippen molar-refractivity contribution in [1.82, 2.24) is 19.6 Å². The summed E-state index contributed by atoms with van der Waals surface area (Å²) in [4.78, 5) is 19.8. The molecule has 0 radical (unpaired) electrons. The molecule has 5 rings (SSSR count). The number of carbonyl (C=O) groups is 1. The lowest BCUT2D eigenvalue weighted by Crippen LogP contribution is -2.44. The van der Waals surface area contributed by atoms with E-state index in [1.54, 1.807) is 7.11 Å². The number of aromatic nitrogens is 2. The molecule has 1 fully saturated rings. The molecule has 2 aromatic carbocycles. The summed E-state index contributed by atoms with van der Waals surface area (Å²) in [6, 6.07) is 19.7. The first-order valence-electron chi connectivity index (χ1n) is 12.4. The zero-order valence-electron chi connectivity index (χ0n) is 20.8. The third-order valence-corrected chi connectivity index (χ3v) is 6.62. The number of piperidine rings is 1. The van der Waals surface area contributed by atoms with Crippen LogP contribution in [0.4, 0.5) is 0 Å². The first-order valence-corrected chi connectivity index (χ1v) is 12.4. The van der Waals surface area contributed by atoms with Gasteiger partial charge in [-0.1, -0.05) is 18.2 Å². The Morgan fingerprint density at radius 2 is 1.83 bits per heavy atom. The van der Waals surface area contributed by atoms with Crippen molar-refractivity contribution in [2.24, 2.45) is 0 Å². The highest BCUT2D eigenvalue weighted by molar-refractivity contribution is 5.94. The van der Waals surface area contributed by atoms with Gasteiger partial charge in [0.15, 0.2) is 0 Å². The highest BCUT2D eigenvalue weighted by Crippen LogP contribution is 2.19. The van der Waals surface area contributed by atoms with Crippen molar-refractivity contribution in [3.63, 3.8) is 0 Å². The fourth-order valence-electron chi connectivity index (χ4n) is 4.62. The van der Waals surface area contributed by atoms with Crippen molar-refractivity contribution in [2.75, 3.05) is 20.2 Å². The highest BCUT2D eigenvalue weighted by Gasteiger charge is 2.21. The van der Waals surface area contributed by atoms with Crippen molar-refractivity contribution >= 4 is 11.6 Å². The Bertz CT molecular complexity index is 1320. The Balaban J connectivity index is 1.08. The van der Waals surface area contributed by atoms with Gasteiger partial charge in [-0.3, -0.25) is 9.69 Å². The van der Waals surface area contributed by atoms with Crippen LogP contribution in [0.3, 0.4) is 0 Å². The van der Waals surface area contributed by atoms with E-state index >= 15 is 0 Å². The molecule has 0 spiro atoms. The average Bonchev–Trinajstić information content (AvgIpc) is 3.31. The van der Waals surface area contributed by atoms with E-state index < -0.39 is 0 Å². The van der Waals surface area contributed by atoms with Crippen LogP contribution >= 0.6 is 0 Å². The third-order valence-electron chi connectivity index (χ3n) is 6.62. The molecule has 1 amide bonds. The standard InChI is InChI=1S/C29H32N4O3/c1-21-6-11-28-30-25(19-33(28)17-21)20-36-26-9-7-23(8-10-26)29(34)31-24-12-14-32(15-13-24)18-22-4-3-5-27(16-22)35-2/h3-11,16-17,19,24H,12-15,18,20H2,1-2H3,(H,31,34). The smallest absolute Gasteiger partial charge is 0.251 e. The Morgan fingerprint density at radius 1 is 1.03 bits per heavy atom. The zero-order valence-corrected chi connectivity index (χ0v) is 20.8. The predicted octanol–water partition coefficient (Wildman–Crippen LogP) is 4.62. The molecule has 186 valence electrons. The Labute approximate surface area is 211 Å². The van der Waals surface area contributed by atoms with Crippen molar-refractivity contribution in [3.8, 4) is 11.5 Å². The molecule has 1 N–H and O–H groups in total. The predicted molar refractivity (Wildman–Crippen MR) is 139 cm³/mol. The second-order valence-corrected chi connectivity index (χ2v) is 9.39. The van der Waals surface area contributed by atoms with Crippen LogP contribution in [-0.2, 0) is 13.2 Å². The number of ether oxygens (including phenoxy) is 2. The number of likely N-dealkylation sites (tertiary alicyclic amines) is 1. The first-order chi connectivity index (χ1) is 17.6. The summed E-state index contributed by atoms with van der Waals surface area (Å²) in [5, 5.41) is 3.20. The zero-order chi connectivity index (χ0) is 24.9. The first kappa shape index (κ1) is 23.9. The number of benzene rings is 2. The number of hydrogen-bond acceptors (Lipinski definition) is 5. The molecular formula is C29H32N4O3. The molecule has 0 bridgehead atoms. The molecule has 0 aliphatic carbocycles. The van der Waals surface area contributed by atoms with E-state index in [1.807, 2.05) is 65.3 Å². The van der Waals surface area contributed by atoms with Crippen molar-refractivity contribution < 1.29 is 14.3 Å². The largest absolute Gasteiger partial charge is 0.497 e. The van der Waals surface area contributed by atoms with E-state index in [1.165, 1.54) is 11.1 Å². The van der Waals surface area contributed by atoms with Crippen LogP contribution in [0.1, 0.15) is 40.0 Å². The molecule has 4 aromatic rings. The summed E-state index contributed by atoms with van der Waals surface area (Å²) < 4.78 is 13.2. The van der Waals surface area contributed by atoms with E-state index in [0.29, 0.717) is 17.9 Å². The lowest BCUT2D eigenvalue weighted by Gasteiger charge is -2.32. The van der Waals surface area contributed by atoms with Gasteiger partial charge < -0.3 is 19.2 Å². The van der Waals surface area contributed by atoms with Gasteiger partial charge in [-0.2, -0.15) is 0 Å². The maximum Gasteiger partial charge on any atom is 0.251 e. The van der Waals surface area contributed by atoms with Gasteiger partial charge >= 0.3 is 0 Å². The van der Waals surface area contributed by atoms with Crippen molar-refractivity contribution in [1.29, 1.82) is 0 Å². The normalized spacial score (nSPS) is 14.6. The summed E-state index contributed by atoms with van der Waals surface area (Å²) in [5.41, 5.74) is 4.83. The van der Waals surface area contributed by atoms with Crippen LogP contribution in [0.15, 0.2) is 73.1 Å². The van der Waals surface area contributed by atoms with Gasteiger partial charge in [0.2, 0.25) is 0 Å². The summed E-state index contributed by atoms with van der Waals surface area (Å²) in [7, 11) is 1.69. The Kier molecular flexibility index (Phi) is 7.18. The van der Waals surface area contributed by atoms with Crippen LogP contribution < -0.4 is 14.8 Å². The molecule has 0 saturated carbocycles. The number of rotatable bonds is 8. The lowest BCUT2D eigenvalue weighted by molar-refractivity contribution is 0.0909. The number of amides is 1. The number of methoxy groups -OCH3 is 1. The average molecular weight is 485 g/mol. The second-order valence-electron chi connectivity index (χ2n) is 9.39. The van der Waals surface area contributed by atoms with Crippen LogP contribution in [0.25, 0.3) is 5.65 Å². The van der Waals surface area contributed by atoms with Crippen LogP contribution in [0.5, 0.6) is 11.5 Å². The lowest BCUT2D eigenvalue weighted by atomic mass is 10.0. The van der Waals surface area contributed by atoms with Gasteiger partial charge in [-0.25, -0.2) is 4.98 Å². The third kappa shape index (κ3) is 5.86. The van der Waals surface area contributed by atoms with Gasteiger partial charge in [0, 0.05) is 43.6 Å². The molecule has 7 heteroatoms. The summed E-state index contributed by atoms with van der Waals surface area (Å²) in [6.45, 7) is 5.24. The van der Waals surface area contributed by atoms with Gasteiger partial charge in [0.05, 0.1) is 12.8 Å². The molecule has 0 unspecified atom stereocenters. The fraction of sp³-hybridized carbons (Fsp3) is 0.310. The number of nitrogens with zero attached hydrogens (tertiary/aromatic N) is 3. The van der Waals surface area contributed by atoms with Crippen molar-refractivity contribution in [2.45, 2.75) is 39.0 Å². The number of carbonyl (C=O) groups excluding carboxylic acids is 1. The topological polar surface area (TPSA) is 68.1 Å². The molecule has 7 nitrogen and oxygen atoms in total. The van der Waals surface area contributed by atoms with Gasteiger partial charge in [0.1, 0.15) is 23.8 Å². The van der Waals surface area contributed by atoms with E-state index in [9.17, 15) is 4.79 Å². The molecule has 1 aliphatic rings. The summed E-state index contributed by atoms with van der Waals surface area (Å²) in [5.74, 6) is 1.56. The van der Waals surface area contributed by atoms with Gasteiger partial charge in [-0.15, -0.1) is 0 Å². The molecule has 2 aromatic heterocycles. The van der Waals surface area contributed by atoms with E-state index in [4.69, 9.17) is 9.47 Å². The monoisotopic (exact) mass is 484 g/mol. The highest BCUT2D eigenvalue weighted by atomic mass is 16.5. The quantitative estimate of drug-likeness (QED) is 0.395. The molecule has 1 saturated heterocycles. The number of pyridine rings is 1. The van der Waals surface area contributed by atoms with Crippen LogP contribution in [0, 0.1) is 6.92 Å². The van der Waals surface area contributed by atoms with Crippen molar-refractivity contribution in [3.05, 3.63) is 95.4 Å². The molecule has 1 aliphatic heterocycles. The minimum atomic E-state index is -0.0384. The molecular weight excluding hydrogens is 452 g/mol. The Hall–Kier alpha value is -3.84. The van der Waals surface area contributed by atoms with Gasteiger partial charge in [0.25, 0.3) is 5.91 Å². The molecule has 0 atom stereocenters. The maximum atomic E-state index is 12.8. The van der Waals surface area contributed by atoms with E-state index in [-0.39, 0.29) is 11.9 Å². The number of fused-ring (bicyclic) bond motifs is 1. The van der Waals surface area contributed by atoms with Crippen LogP contribution in [-0.4, -0.2) is 46.4 Å². The number of hydrogen-bond donors (Lipinski definition) is 1. The number of aryl methyl sites for hydroxylation is 1. The van der Waals surface area contributed by atoms with Crippen LogP contribution in [0.2, 0.25) is 0 Å². The van der Waals surface area contributed by atoms with E-state index in [0.717, 1.165) is 49.6 Å². The minimum Gasteiger partial charge on any atom is -0.497 e. The number of nitrogens with one attached hydrogen (secondary N) is 1. The van der Waals surface area contributed by atoms with E-state index in [2.05, 4.69) is 34.3 Å². The molecule has 36 heavy (non-hydrogen) atoms. The SMILES string of the molecule is COc1cccc(CN2CCC(NC(=O)c3ccc(OCc4cn5cc(C)ccc5n4)cc3)CC2)c1. The minimum absolute atomic E-state index is 0.0384. The molecule has 3 heterocycles. The van der Waals surface area contributed by atoms with Gasteiger partial charge in [-0.05, 0) is 73.4 Å². The number of imidazole rings is 1. The maximum absolute atomic E-state index is 12.8. The summed E-state index contributed by atoms with van der Waals surface area (Å²) in [6.07, 6.45) is 5.90. The summed E-state index contributed by atoms with van der Waals surface area (Å²) >= 11 is 0.